The van der Waals surface area contributed by atoms with Gasteiger partial charge in [0.05, 0.1) is 10.6 Å². The SMILES string of the molecule is O=C(O)COc1cccc(/C=C2/SC(=O)N(c3ccccc3)C2=O)c1. The van der Waals surface area contributed by atoms with Gasteiger partial charge in [-0.3, -0.25) is 9.59 Å². The Hall–Kier alpha value is -3.06. The smallest absolute Gasteiger partial charge is 0.341 e. The molecule has 2 aromatic carbocycles. The van der Waals surface area contributed by atoms with E-state index in [1.54, 1.807) is 60.7 Å². The van der Waals surface area contributed by atoms with E-state index in [-0.39, 0.29) is 5.24 Å². The highest BCUT2D eigenvalue weighted by Crippen LogP contribution is 2.35. The van der Waals surface area contributed by atoms with Crippen molar-refractivity contribution in [2.24, 2.45) is 0 Å². The lowest BCUT2D eigenvalue weighted by Crippen LogP contribution is -2.27. The Balaban J connectivity index is 1.83. The van der Waals surface area contributed by atoms with E-state index in [9.17, 15) is 14.4 Å². The molecule has 2 aromatic rings. The fourth-order valence-electron chi connectivity index (χ4n) is 2.26. The first kappa shape index (κ1) is 16.8. The van der Waals surface area contributed by atoms with Gasteiger partial charge >= 0.3 is 5.97 Å². The molecule has 0 aromatic heterocycles. The molecule has 7 heteroatoms. The number of anilines is 1. The van der Waals surface area contributed by atoms with Crippen LogP contribution in [-0.4, -0.2) is 28.8 Å². The summed E-state index contributed by atoms with van der Waals surface area (Å²) in [5.41, 5.74) is 1.16. The lowest BCUT2D eigenvalue weighted by atomic mass is 10.2. The number of rotatable bonds is 5. The van der Waals surface area contributed by atoms with Gasteiger partial charge in [0.2, 0.25) is 0 Å². The van der Waals surface area contributed by atoms with Crippen molar-refractivity contribution in [2.75, 3.05) is 11.5 Å². The quantitative estimate of drug-likeness (QED) is 0.828. The summed E-state index contributed by atoms with van der Waals surface area (Å²) in [6.07, 6.45) is 1.58. The summed E-state index contributed by atoms with van der Waals surface area (Å²) in [4.78, 5) is 36.7. The van der Waals surface area contributed by atoms with Crippen LogP contribution in [0.5, 0.6) is 5.75 Å². The van der Waals surface area contributed by atoms with Gasteiger partial charge in [-0.25, -0.2) is 9.69 Å². The second-order valence-electron chi connectivity index (χ2n) is 5.11. The van der Waals surface area contributed by atoms with Crippen LogP contribution < -0.4 is 9.64 Å². The molecule has 0 atom stereocenters. The Morgan fingerprint density at radius 3 is 2.60 bits per heavy atom. The highest BCUT2D eigenvalue weighted by atomic mass is 32.2. The molecule has 3 rings (SSSR count). The van der Waals surface area contributed by atoms with E-state index in [2.05, 4.69) is 0 Å². The summed E-state index contributed by atoms with van der Waals surface area (Å²) >= 11 is 0.859. The molecular weight excluding hydrogens is 342 g/mol. The van der Waals surface area contributed by atoms with Crippen LogP contribution in [0.15, 0.2) is 59.5 Å². The summed E-state index contributed by atoms with van der Waals surface area (Å²) in [6.45, 7) is -0.450. The molecule has 0 aliphatic carbocycles. The number of carbonyl (C=O) groups excluding carboxylic acids is 2. The van der Waals surface area contributed by atoms with Gasteiger partial charge in [-0.2, -0.15) is 0 Å². The zero-order chi connectivity index (χ0) is 17.8. The summed E-state index contributed by atoms with van der Waals surface area (Å²) in [5.74, 6) is -1.09. The number of amides is 2. The van der Waals surface area contributed by atoms with Crippen molar-refractivity contribution in [1.29, 1.82) is 0 Å². The van der Waals surface area contributed by atoms with Crippen LogP contribution in [0.25, 0.3) is 6.08 Å². The maximum absolute atomic E-state index is 12.5. The van der Waals surface area contributed by atoms with E-state index in [1.807, 2.05) is 0 Å². The first-order chi connectivity index (χ1) is 12.0. The Kier molecular flexibility index (Phi) is 4.85. The van der Waals surface area contributed by atoms with Crippen LogP contribution in [0.1, 0.15) is 5.56 Å². The number of aliphatic carboxylic acids is 1. The number of ether oxygens (including phenoxy) is 1. The van der Waals surface area contributed by atoms with Crippen molar-refractivity contribution in [1.82, 2.24) is 0 Å². The Labute approximate surface area is 147 Å². The summed E-state index contributed by atoms with van der Waals surface area (Å²) in [7, 11) is 0. The fourth-order valence-corrected chi connectivity index (χ4v) is 3.10. The molecule has 0 radical (unpaired) electrons. The first-order valence-electron chi connectivity index (χ1n) is 7.32. The van der Waals surface area contributed by atoms with Crippen molar-refractivity contribution < 1.29 is 24.2 Å². The third-order valence-electron chi connectivity index (χ3n) is 3.33. The number of carbonyl (C=O) groups is 3. The third kappa shape index (κ3) is 3.89. The highest BCUT2D eigenvalue weighted by Gasteiger charge is 2.36. The molecule has 1 heterocycles. The van der Waals surface area contributed by atoms with Gasteiger partial charge in [0.25, 0.3) is 11.1 Å². The Morgan fingerprint density at radius 1 is 1.12 bits per heavy atom. The Morgan fingerprint density at radius 2 is 1.88 bits per heavy atom. The van der Waals surface area contributed by atoms with Crippen molar-refractivity contribution in [3.8, 4) is 5.75 Å². The van der Waals surface area contributed by atoms with E-state index in [0.29, 0.717) is 21.9 Å². The zero-order valence-electron chi connectivity index (χ0n) is 12.9. The fraction of sp³-hybridized carbons (Fsp3) is 0.0556. The number of benzene rings is 2. The van der Waals surface area contributed by atoms with Crippen LogP contribution in [0, 0.1) is 0 Å². The van der Waals surface area contributed by atoms with Gasteiger partial charge in [-0.1, -0.05) is 30.3 Å². The number of nitrogens with zero attached hydrogens (tertiary/aromatic N) is 1. The molecule has 1 aliphatic rings. The summed E-state index contributed by atoms with van der Waals surface area (Å²) in [5, 5.41) is 8.29. The van der Waals surface area contributed by atoms with E-state index < -0.39 is 18.5 Å². The number of thioether (sulfide) groups is 1. The van der Waals surface area contributed by atoms with Gasteiger partial charge in [0, 0.05) is 0 Å². The zero-order valence-corrected chi connectivity index (χ0v) is 13.7. The lowest BCUT2D eigenvalue weighted by molar-refractivity contribution is -0.139. The molecule has 25 heavy (non-hydrogen) atoms. The molecule has 0 spiro atoms. The maximum Gasteiger partial charge on any atom is 0.341 e. The van der Waals surface area contributed by atoms with Gasteiger partial charge in [-0.05, 0) is 47.7 Å². The molecule has 1 N–H and O–H groups in total. The minimum Gasteiger partial charge on any atom is -0.482 e. The van der Waals surface area contributed by atoms with Crippen LogP contribution >= 0.6 is 11.8 Å². The minimum atomic E-state index is -1.07. The van der Waals surface area contributed by atoms with Crippen molar-refractivity contribution >= 4 is 40.6 Å². The van der Waals surface area contributed by atoms with Gasteiger partial charge in [-0.15, -0.1) is 0 Å². The predicted octanol–water partition coefficient (Wildman–Crippen LogP) is 3.39. The first-order valence-corrected chi connectivity index (χ1v) is 8.14. The normalized spacial score (nSPS) is 15.7. The van der Waals surface area contributed by atoms with E-state index >= 15 is 0 Å². The average molecular weight is 355 g/mol. The number of para-hydroxylation sites is 1. The highest BCUT2D eigenvalue weighted by molar-refractivity contribution is 8.19. The molecule has 1 aliphatic heterocycles. The second kappa shape index (κ2) is 7.23. The number of carboxylic acid groups (broad SMARTS) is 1. The summed E-state index contributed by atoms with van der Waals surface area (Å²) < 4.78 is 5.11. The van der Waals surface area contributed by atoms with Crippen LogP contribution in [0.3, 0.4) is 0 Å². The molecule has 0 bridgehead atoms. The molecule has 1 fully saturated rings. The minimum absolute atomic E-state index is 0.296. The maximum atomic E-state index is 12.5. The second-order valence-corrected chi connectivity index (χ2v) is 6.10. The number of hydrogen-bond acceptors (Lipinski definition) is 5. The van der Waals surface area contributed by atoms with Crippen LogP contribution in [0.4, 0.5) is 10.5 Å². The lowest BCUT2D eigenvalue weighted by Gasteiger charge is -2.11. The molecule has 0 unspecified atom stereocenters. The van der Waals surface area contributed by atoms with Crippen molar-refractivity contribution in [3.63, 3.8) is 0 Å². The predicted molar refractivity (Wildman–Crippen MR) is 94.5 cm³/mol. The van der Waals surface area contributed by atoms with Gasteiger partial charge < -0.3 is 9.84 Å². The van der Waals surface area contributed by atoms with E-state index in [1.165, 1.54) is 0 Å². The van der Waals surface area contributed by atoms with Gasteiger partial charge in [0.1, 0.15) is 5.75 Å². The number of imide groups is 1. The largest absolute Gasteiger partial charge is 0.482 e. The van der Waals surface area contributed by atoms with Crippen LogP contribution in [0.2, 0.25) is 0 Å². The van der Waals surface area contributed by atoms with Crippen molar-refractivity contribution in [2.45, 2.75) is 0 Å². The monoisotopic (exact) mass is 355 g/mol. The van der Waals surface area contributed by atoms with E-state index in [0.717, 1.165) is 16.7 Å². The Bertz CT molecular complexity index is 863. The molecule has 6 nitrogen and oxygen atoms in total. The van der Waals surface area contributed by atoms with Crippen molar-refractivity contribution in [3.05, 3.63) is 65.1 Å². The third-order valence-corrected chi connectivity index (χ3v) is 4.20. The molecule has 1 saturated heterocycles. The molecule has 126 valence electrons. The van der Waals surface area contributed by atoms with E-state index in [4.69, 9.17) is 9.84 Å². The van der Waals surface area contributed by atoms with Gasteiger partial charge in [0.15, 0.2) is 6.61 Å². The summed E-state index contributed by atoms with van der Waals surface area (Å²) in [6, 6.07) is 15.4. The molecule has 0 saturated carbocycles. The van der Waals surface area contributed by atoms with Crippen LogP contribution in [-0.2, 0) is 9.59 Å². The number of carboxylic acids is 1. The topological polar surface area (TPSA) is 83.9 Å². The number of hydrogen-bond donors (Lipinski definition) is 1. The standard InChI is InChI=1S/C18H13NO5S/c20-16(21)11-24-14-8-4-5-12(9-14)10-15-17(22)19(18(23)25-15)13-6-2-1-3-7-13/h1-10H,11H2,(H,20,21)/b15-10+. The molecule has 2 amide bonds. The molecular formula is C18H13NO5S. The average Bonchev–Trinajstić information content (AvgIpc) is 2.88.